The molecule has 184 valence electrons. The number of hydrogen-bond donors (Lipinski definition) is 5. The summed E-state index contributed by atoms with van der Waals surface area (Å²) in [5.41, 5.74) is 3.11. The molecular formula is C25H34N4O5. The van der Waals surface area contributed by atoms with Crippen molar-refractivity contribution < 1.29 is 24.5 Å². The van der Waals surface area contributed by atoms with Crippen LogP contribution < -0.4 is 16.0 Å². The van der Waals surface area contributed by atoms with E-state index in [1.54, 1.807) is 0 Å². The van der Waals surface area contributed by atoms with Crippen molar-refractivity contribution in [1.29, 1.82) is 0 Å². The van der Waals surface area contributed by atoms with Crippen LogP contribution in [0.15, 0.2) is 42.5 Å². The lowest BCUT2D eigenvalue weighted by molar-refractivity contribution is -0.139. The number of rotatable bonds is 13. The fraction of sp³-hybridized carbons (Fsp3) is 0.480. The highest BCUT2D eigenvalue weighted by molar-refractivity contribution is 5.80. The number of anilines is 1. The molecule has 3 rings (SSSR count). The van der Waals surface area contributed by atoms with Crippen molar-refractivity contribution in [1.82, 2.24) is 15.6 Å². The number of amides is 1. The minimum atomic E-state index is -1.16. The molecule has 0 aliphatic carbocycles. The maximum Gasteiger partial charge on any atom is 0.408 e. The van der Waals surface area contributed by atoms with Gasteiger partial charge in [0.25, 0.3) is 0 Å². The molecule has 0 fully saturated rings. The molecule has 0 saturated carbocycles. The molecule has 0 radical (unpaired) electrons. The molecule has 5 N–H and O–H groups in total. The van der Waals surface area contributed by atoms with Crippen LogP contribution in [-0.4, -0.2) is 59.5 Å². The van der Waals surface area contributed by atoms with Crippen molar-refractivity contribution in [3.8, 4) is 0 Å². The van der Waals surface area contributed by atoms with Gasteiger partial charge in [-0.05, 0) is 55.2 Å². The zero-order chi connectivity index (χ0) is 24.2. The molecule has 0 spiro atoms. The average molecular weight is 471 g/mol. The summed E-state index contributed by atoms with van der Waals surface area (Å²) >= 11 is 0. The van der Waals surface area contributed by atoms with E-state index in [9.17, 15) is 19.8 Å². The van der Waals surface area contributed by atoms with Crippen LogP contribution in [0.2, 0.25) is 0 Å². The number of ether oxygens (including phenoxy) is 1. The maximum atomic E-state index is 12.0. The number of carboxylic acid groups (broad SMARTS) is 1. The molecule has 2 atom stereocenters. The second-order valence-electron chi connectivity index (χ2n) is 8.54. The van der Waals surface area contributed by atoms with Crippen LogP contribution in [0.1, 0.15) is 36.1 Å². The lowest BCUT2D eigenvalue weighted by atomic mass is 10.0. The van der Waals surface area contributed by atoms with E-state index >= 15 is 0 Å². The summed E-state index contributed by atoms with van der Waals surface area (Å²) < 4.78 is 5.10. The Morgan fingerprint density at radius 3 is 2.74 bits per heavy atom. The van der Waals surface area contributed by atoms with Crippen LogP contribution in [-0.2, 0) is 29.0 Å². The second-order valence-corrected chi connectivity index (χ2v) is 8.54. The summed E-state index contributed by atoms with van der Waals surface area (Å²) in [5.74, 6) is -0.189. The Balaban J connectivity index is 1.36. The molecule has 1 aromatic heterocycles. The first-order valence-corrected chi connectivity index (χ1v) is 11.8. The van der Waals surface area contributed by atoms with Gasteiger partial charge in [0.2, 0.25) is 0 Å². The van der Waals surface area contributed by atoms with Crippen molar-refractivity contribution in [2.24, 2.45) is 5.92 Å². The number of pyridine rings is 1. The quantitative estimate of drug-likeness (QED) is 0.301. The molecule has 1 unspecified atom stereocenters. The van der Waals surface area contributed by atoms with Crippen molar-refractivity contribution >= 4 is 17.9 Å². The number of aryl methyl sites for hydroxylation is 2. The Morgan fingerprint density at radius 2 is 1.97 bits per heavy atom. The smallest absolute Gasteiger partial charge is 0.408 e. The summed E-state index contributed by atoms with van der Waals surface area (Å²) in [6, 6.07) is 12.2. The van der Waals surface area contributed by atoms with E-state index in [1.807, 2.05) is 30.3 Å². The molecule has 1 aromatic carbocycles. The first-order valence-electron chi connectivity index (χ1n) is 11.8. The van der Waals surface area contributed by atoms with Gasteiger partial charge in [0.15, 0.2) is 0 Å². The number of aliphatic hydroxyl groups excluding tert-OH is 1. The average Bonchev–Trinajstić information content (AvgIpc) is 2.86. The Labute approximate surface area is 199 Å². The van der Waals surface area contributed by atoms with Gasteiger partial charge < -0.3 is 30.9 Å². The maximum absolute atomic E-state index is 12.0. The van der Waals surface area contributed by atoms with Gasteiger partial charge in [0, 0.05) is 31.9 Å². The molecule has 1 amide bonds. The second kappa shape index (κ2) is 13.5. The molecule has 0 bridgehead atoms. The summed E-state index contributed by atoms with van der Waals surface area (Å²) in [6.45, 7) is 1.49. The highest BCUT2D eigenvalue weighted by Crippen LogP contribution is 2.20. The van der Waals surface area contributed by atoms with Crippen molar-refractivity contribution in [2.45, 2.75) is 44.8 Å². The zero-order valence-electron chi connectivity index (χ0n) is 19.3. The fourth-order valence-corrected chi connectivity index (χ4v) is 3.88. The molecule has 9 nitrogen and oxygen atoms in total. The molecule has 9 heteroatoms. The zero-order valence-corrected chi connectivity index (χ0v) is 19.3. The normalized spacial score (nSPS) is 14.4. The third-order valence-electron chi connectivity index (χ3n) is 5.84. The number of carbonyl (C=O) groups excluding carboxylic acids is 1. The third kappa shape index (κ3) is 8.31. The van der Waals surface area contributed by atoms with Gasteiger partial charge in [-0.1, -0.05) is 36.4 Å². The van der Waals surface area contributed by atoms with Gasteiger partial charge in [-0.2, -0.15) is 0 Å². The first kappa shape index (κ1) is 25.5. The largest absolute Gasteiger partial charge is 0.480 e. The summed E-state index contributed by atoms with van der Waals surface area (Å²) in [5, 5.41) is 27.9. The Hall–Kier alpha value is -3.17. The highest BCUT2D eigenvalue weighted by Gasteiger charge is 2.21. The number of carboxylic acids is 1. The number of benzene rings is 1. The molecule has 2 aromatic rings. The first-order chi connectivity index (χ1) is 16.5. The lowest BCUT2D eigenvalue weighted by Crippen LogP contribution is -2.48. The van der Waals surface area contributed by atoms with Crippen molar-refractivity contribution in [3.05, 3.63) is 59.3 Å². The highest BCUT2D eigenvalue weighted by atomic mass is 16.5. The topological polar surface area (TPSA) is 133 Å². The number of nitrogens with zero attached hydrogens (tertiary/aromatic N) is 1. The van der Waals surface area contributed by atoms with Crippen molar-refractivity contribution in [3.63, 3.8) is 0 Å². The van der Waals surface area contributed by atoms with Gasteiger partial charge >= 0.3 is 12.1 Å². The number of hydrogen-bond acceptors (Lipinski definition) is 7. The van der Waals surface area contributed by atoms with E-state index in [1.165, 1.54) is 5.56 Å². The van der Waals surface area contributed by atoms with E-state index < -0.39 is 18.1 Å². The molecular weight excluding hydrogens is 436 g/mol. The van der Waals surface area contributed by atoms with E-state index in [0.717, 1.165) is 55.7 Å². The van der Waals surface area contributed by atoms with Crippen molar-refractivity contribution in [2.75, 3.05) is 31.6 Å². The van der Waals surface area contributed by atoms with E-state index in [0.29, 0.717) is 6.54 Å². The predicted molar refractivity (Wildman–Crippen MR) is 129 cm³/mol. The Bertz CT molecular complexity index is 925. The monoisotopic (exact) mass is 470 g/mol. The fourth-order valence-electron chi connectivity index (χ4n) is 3.88. The Morgan fingerprint density at radius 1 is 1.15 bits per heavy atom. The minimum absolute atomic E-state index is 0.00352. The third-order valence-corrected chi connectivity index (χ3v) is 5.84. The van der Waals surface area contributed by atoms with E-state index in [4.69, 9.17) is 9.72 Å². The van der Waals surface area contributed by atoms with Crippen LogP contribution in [0.3, 0.4) is 0 Å². The number of alkyl carbamates (subject to hydrolysis) is 1. The predicted octanol–water partition coefficient (Wildman–Crippen LogP) is 2.34. The number of carbonyl (C=O) groups is 2. The summed E-state index contributed by atoms with van der Waals surface area (Å²) in [4.78, 5) is 28.2. The van der Waals surface area contributed by atoms with Gasteiger partial charge in [-0.3, -0.25) is 0 Å². The molecule has 2 heterocycles. The van der Waals surface area contributed by atoms with Crippen LogP contribution in [0, 0.1) is 5.92 Å². The van der Waals surface area contributed by atoms with Crippen LogP contribution >= 0.6 is 0 Å². The number of aromatic nitrogens is 1. The van der Waals surface area contributed by atoms with Gasteiger partial charge in [0.05, 0.1) is 0 Å². The molecule has 1 aliphatic heterocycles. The van der Waals surface area contributed by atoms with Gasteiger partial charge in [-0.25, -0.2) is 14.6 Å². The SMILES string of the molecule is O=C(N[C@@H](CNCC(CO)CCCc1ccc2c(n1)NCCC2)C(=O)O)OCc1ccccc1. The summed E-state index contributed by atoms with van der Waals surface area (Å²) in [7, 11) is 0. The van der Waals surface area contributed by atoms with E-state index in [-0.39, 0.29) is 25.7 Å². The lowest BCUT2D eigenvalue weighted by Gasteiger charge is -2.19. The van der Waals surface area contributed by atoms with Gasteiger partial charge in [0.1, 0.15) is 18.5 Å². The minimum Gasteiger partial charge on any atom is -0.480 e. The van der Waals surface area contributed by atoms with Crippen LogP contribution in [0.5, 0.6) is 0 Å². The molecule has 1 aliphatic rings. The van der Waals surface area contributed by atoms with Gasteiger partial charge in [-0.15, -0.1) is 0 Å². The number of aliphatic hydroxyl groups is 1. The molecule has 34 heavy (non-hydrogen) atoms. The number of aliphatic carboxylic acids is 1. The number of fused-ring (bicyclic) bond motifs is 1. The molecule has 0 saturated heterocycles. The summed E-state index contributed by atoms with van der Waals surface area (Å²) in [6.07, 6.45) is 3.86. The van der Waals surface area contributed by atoms with Crippen LogP contribution in [0.4, 0.5) is 10.6 Å². The number of nitrogens with one attached hydrogen (secondary N) is 3. The van der Waals surface area contributed by atoms with Crippen LogP contribution in [0.25, 0.3) is 0 Å². The van der Waals surface area contributed by atoms with E-state index in [2.05, 4.69) is 28.1 Å². The Kier molecular flexibility index (Phi) is 10.1. The standard InChI is InChI=1S/C25H34N4O5/c30-16-19(8-4-10-21-12-11-20-9-5-13-27-23(20)28-21)14-26-15-22(24(31)32)29-25(33)34-17-18-6-2-1-3-7-18/h1-3,6-7,11-12,19,22,26,30H,4-5,8-10,13-17H2,(H,27,28)(H,29,33)(H,31,32)/t19?,22-/m0/s1.